The lowest BCUT2D eigenvalue weighted by Crippen LogP contribution is -2.45. The van der Waals surface area contributed by atoms with E-state index in [0.29, 0.717) is 18.1 Å². The van der Waals surface area contributed by atoms with Crippen molar-refractivity contribution in [2.75, 3.05) is 6.61 Å². The maximum atomic E-state index is 6.51. The van der Waals surface area contributed by atoms with E-state index in [4.69, 9.17) is 19.9 Å². The van der Waals surface area contributed by atoms with Gasteiger partial charge in [-0.15, -0.1) is 0 Å². The standard InChI is InChI=1S/C14H23NO3/c1-2-16-13-17-10-6-14(7-11(10)18-13)9-4-3-8(5-9)12(14)15/h8-13H,2-7,15H2,1H3/t8-,9+,10-,11?,12+,13+,14+/m0/s1. The average molecular weight is 253 g/mol. The van der Waals surface area contributed by atoms with E-state index >= 15 is 0 Å². The van der Waals surface area contributed by atoms with E-state index in [1.165, 1.54) is 19.3 Å². The van der Waals surface area contributed by atoms with Gasteiger partial charge in [-0.05, 0) is 56.3 Å². The Bertz CT molecular complexity index is 330. The summed E-state index contributed by atoms with van der Waals surface area (Å²) in [6.07, 6.45) is 6.65. The quantitative estimate of drug-likeness (QED) is 0.812. The van der Waals surface area contributed by atoms with Crippen molar-refractivity contribution < 1.29 is 14.2 Å². The molecule has 3 saturated carbocycles. The molecule has 102 valence electrons. The molecule has 2 N–H and O–H groups in total. The first-order valence-corrected chi connectivity index (χ1v) is 7.41. The molecule has 7 atom stereocenters. The van der Waals surface area contributed by atoms with Crippen molar-refractivity contribution in [3.05, 3.63) is 0 Å². The molecule has 4 nitrogen and oxygen atoms in total. The van der Waals surface area contributed by atoms with Crippen molar-refractivity contribution >= 4 is 0 Å². The Kier molecular flexibility index (Phi) is 2.54. The van der Waals surface area contributed by atoms with Crippen LogP contribution in [0.3, 0.4) is 0 Å². The van der Waals surface area contributed by atoms with Gasteiger partial charge in [-0.25, -0.2) is 0 Å². The minimum absolute atomic E-state index is 0.215. The first-order valence-electron chi connectivity index (χ1n) is 7.41. The Labute approximate surface area is 108 Å². The van der Waals surface area contributed by atoms with Crippen LogP contribution in [0.2, 0.25) is 0 Å². The van der Waals surface area contributed by atoms with E-state index in [2.05, 4.69) is 0 Å². The van der Waals surface area contributed by atoms with E-state index in [1.54, 1.807) is 0 Å². The van der Waals surface area contributed by atoms with Crippen molar-refractivity contribution in [2.45, 2.75) is 63.8 Å². The zero-order valence-electron chi connectivity index (χ0n) is 11.0. The van der Waals surface area contributed by atoms with Crippen molar-refractivity contribution in [1.29, 1.82) is 0 Å². The summed E-state index contributed by atoms with van der Waals surface area (Å²) in [7, 11) is 0. The van der Waals surface area contributed by atoms with E-state index in [-0.39, 0.29) is 12.2 Å². The SMILES string of the molecule is CCO[C@H]1OC2C[C@]3(C[C@@H]2O1)[C@@H]1CC[C@@H](C1)[C@H]3N. The molecule has 1 saturated heterocycles. The minimum atomic E-state index is -0.433. The van der Waals surface area contributed by atoms with Crippen LogP contribution in [0, 0.1) is 17.3 Å². The topological polar surface area (TPSA) is 53.7 Å². The van der Waals surface area contributed by atoms with Gasteiger partial charge in [-0.1, -0.05) is 0 Å². The molecule has 1 heterocycles. The summed E-state index contributed by atoms with van der Waals surface area (Å²) < 4.78 is 17.1. The summed E-state index contributed by atoms with van der Waals surface area (Å²) in [4.78, 5) is 0. The second-order valence-corrected chi connectivity index (χ2v) is 6.53. The highest BCUT2D eigenvalue weighted by atomic mass is 16.9. The minimum Gasteiger partial charge on any atom is -0.330 e. The predicted octanol–water partition coefficient (Wildman–Crippen LogP) is 1.63. The van der Waals surface area contributed by atoms with Crippen LogP contribution in [-0.2, 0) is 14.2 Å². The molecule has 4 heteroatoms. The summed E-state index contributed by atoms with van der Waals surface area (Å²) in [6.45, 7) is 2.17. The van der Waals surface area contributed by atoms with Gasteiger partial charge < -0.3 is 19.9 Å². The summed E-state index contributed by atoms with van der Waals surface area (Å²) >= 11 is 0. The molecule has 0 aromatic heterocycles. The Balaban J connectivity index is 1.50. The van der Waals surface area contributed by atoms with Crippen LogP contribution in [0.4, 0.5) is 0 Å². The second-order valence-electron chi connectivity index (χ2n) is 6.53. The normalized spacial score (nSPS) is 57.7. The molecule has 0 amide bonds. The number of hydrogen-bond acceptors (Lipinski definition) is 4. The van der Waals surface area contributed by atoms with Crippen molar-refractivity contribution in [3.63, 3.8) is 0 Å². The average Bonchev–Trinajstić information content (AvgIpc) is 3.02. The maximum absolute atomic E-state index is 6.51. The van der Waals surface area contributed by atoms with Crippen LogP contribution in [0.1, 0.15) is 39.0 Å². The lowest BCUT2D eigenvalue weighted by atomic mass is 9.69. The third kappa shape index (κ3) is 1.40. The molecule has 1 unspecified atom stereocenters. The van der Waals surface area contributed by atoms with E-state index in [1.807, 2.05) is 6.92 Å². The highest BCUT2D eigenvalue weighted by molar-refractivity contribution is 5.14. The summed E-state index contributed by atoms with van der Waals surface area (Å²) in [5, 5.41) is 0. The zero-order chi connectivity index (χ0) is 12.3. The first-order chi connectivity index (χ1) is 8.73. The molecule has 1 spiro atoms. The van der Waals surface area contributed by atoms with Crippen LogP contribution in [0.5, 0.6) is 0 Å². The molecule has 1 aliphatic heterocycles. The largest absolute Gasteiger partial charge is 0.330 e. The fourth-order valence-electron chi connectivity index (χ4n) is 5.11. The maximum Gasteiger partial charge on any atom is 0.272 e. The Morgan fingerprint density at radius 2 is 1.94 bits per heavy atom. The van der Waals surface area contributed by atoms with Crippen LogP contribution in [0.15, 0.2) is 0 Å². The van der Waals surface area contributed by atoms with Crippen molar-refractivity contribution in [2.24, 2.45) is 23.0 Å². The van der Waals surface area contributed by atoms with Gasteiger partial charge in [0.25, 0.3) is 6.48 Å². The molecule has 18 heavy (non-hydrogen) atoms. The highest BCUT2D eigenvalue weighted by Crippen LogP contribution is 2.63. The number of fused-ring (bicyclic) bond motifs is 4. The molecule has 4 aliphatic rings. The van der Waals surface area contributed by atoms with Gasteiger partial charge in [-0.2, -0.15) is 0 Å². The molecule has 3 aliphatic carbocycles. The molecule has 2 bridgehead atoms. The molecule has 0 aromatic carbocycles. The molecular formula is C14H23NO3. The van der Waals surface area contributed by atoms with Crippen LogP contribution < -0.4 is 5.73 Å². The molecule has 4 fully saturated rings. The van der Waals surface area contributed by atoms with Crippen LogP contribution in [0.25, 0.3) is 0 Å². The third-order valence-electron chi connectivity index (χ3n) is 5.91. The monoisotopic (exact) mass is 253 g/mol. The van der Waals surface area contributed by atoms with Gasteiger partial charge in [0.15, 0.2) is 0 Å². The van der Waals surface area contributed by atoms with E-state index in [0.717, 1.165) is 24.7 Å². The summed E-state index contributed by atoms with van der Waals surface area (Å²) in [5.41, 5.74) is 6.83. The molecule has 0 radical (unpaired) electrons. The smallest absolute Gasteiger partial charge is 0.272 e. The van der Waals surface area contributed by atoms with Crippen molar-refractivity contribution in [1.82, 2.24) is 0 Å². The first kappa shape index (κ1) is 11.6. The second kappa shape index (κ2) is 3.92. The molecule has 0 aromatic rings. The number of nitrogens with two attached hydrogens (primary N) is 1. The van der Waals surface area contributed by atoms with Gasteiger partial charge in [0, 0.05) is 12.6 Å². The molecule has 4 rings (SSSR count). The lowest BCUT2D eigenvalue weighted by Gasteiger charge is -2.40. The summed E-state index contributed by atoms with van der Waals surface area (Å²) in [6, 6.07) is 0.375. The number of rotatable bonds is 2. The zero-order valence-corrected chi connectivity index (χ0v) is 11.0. The van der Waals surface area contributed by atoms with Gasteiger partial charge in [0.1, 0.15) is 0 Å². The predicted molar refractivity (Wildman–Crippen MR) is 65.6 cm³/mol. The lowest BCUT2D eigenvalue weighted by molar-refractivity contribution is -0.247. The Morgan fingerprint density at radius 1 is 1.22 bits per heavy atom. The van der Waals surface area contributed by atoms with Crippen LogP contribution >= 0.6 is 0 Å². The fourth-order valence-corrected chi connectivity index (χ4v) is 5.11. The number of hydrogen-bond donors (Lipinski definition) is 1. The van der Waals surface area contributed by atoms with Gasteiger partial charge in [-0.3, -0.25) is 0 Å². The third-order valence-corrected chi connectivity index (χ3v) is 5.91. The fraction of sp³-hybridized carbons (Fsp3) is 1.00. The summed E-state index contributed by atoms with van der Waals surface area (Å²) in [5.74, 6) is 1.58. The van der Waals surface area contributed by atoms with Crippen molar-refractivity contribution in [3.8, 4) is 0 Å². The molecular weight excluding hydrogens is 230 g/mol. The number of ether oxygens (including phenoxy) is 3. The van der Waals surface area contributed by atoms with Gasteiger partial charge >= 0.3 is 0 Å². The van der Waals surface area contributed by atoms with Gasteiger partial charge in [0.2, 0.25) is 0 Å². The highest BCUT2D eigenvalue weighted by Gasteiger charge is 2.63. The Morgan fingerprint density at radius 3 is 2.50 bits per heavy atom. The van der Waals surface area contributed by atoms with E-state index in [9.17, 15) is 0 Å². The van der Waals surface area contributed by atoms with Gasteiger partial charge in [0.05, 0.1) is 12.2 Å². The van der Waals surface area contributed by atoms with E-state index < -0.39 is 6.48 Å². The Hall–Kier alpha value is -0.160. The van der Waals surface area contributed by atoms with Crippen LogP contribution in [-0.4, -0.2) is 31.3 Å².